The number of nitrogens with zero attached hydrogens (tertiary/aromatic N) is 3. The summed E-state index contributed by atoms with van der Waals surface area (Å²) in [6.07, 6.45) is 1.25. The van der Waals surface area contributed by atoms with Gasteiger partial charge in [0.05, 0.1) is 30.0 Å². The fraction of sp³-hybridized carbons (Fsp3) is 0.304. The number of benzene rings is 2. The van der Waals surface area contributed by atoms with Crippen LogP contribution in [0.1, 0.15) is 36.1 Å². The maximum absolute atomic E-state index is 11.5. The number of hydrogen-bond donors (Lipinski definition) is 1. The van der Waals surface area contributed by atoms with E-state index in [-0.39, 0.29) is 23.3 Å². The molecule has 0 saturated heterocycles. The minimum absolute atomic E-state index is 0.103. The highest BCUT2D eigenvalue weighted by molar-refractivity contribution is 7.14. The van der Waals surface area contributed by atoms with Gasteiger partial charge in [0.1, 0.15) is 0 Å². The monoisotopic (exact) mass is 454 g/mol. The van der Waals surface area contributed by atoms with E-state index in [1.54, 1.807) is 19.9 Å². The zero-order chi connectivity index (χ0) is 23.4. The maximum Gasteiger partial charge on any atom is 0.315 e. The molecule has 1 heterocycles. The molecule has 1 N–H and O–H groups in total. The second kappa shape index (κ2) is 9.78. The van der Waals surface area contributed by atoms with Gasteiger partial charge < -0.3 is 9.47 Å². The Morgan fingerprint density at radius 1 is 1.19 bits per heavy atom. The summed E-state index contributed by atoms with van der Waals surface area (Å²) < 4.78 is 10.9. The third kappa shape index (κ3) is 5.23. The largest absolute Gasteiger partial charge is 0.493 e. The normalized spacial score (nSPS) is 11.2. The summed E-state index contributed by atoms with van der Waals surface area (Å²) in [7, 11) is 1.44. The SMILES string of the molecule is COc1cc(/C=N\Nc2nc(-c3c(C)cc(C)cc3C)cs2)cc([N+](=O)[O-])c1OC(C)C. The van der Waals surface area contributed by atoms with Crippen molar-refractivity contribution in [2.75, 3.05) is 12.5 Å². The molecule has 2 aromatic carbocycles. The number of hydrogen-bond acceptors (Lipinski definition) is 8. The van der Waals surface area contributed by atoms with Gasteiger partial charge in [0.25, 0.3) is 0 Å². The van der Waals surface area contributed by atoms with Crippen molar-refractivity contribution in [3.63, 3.8) is 0 Å². The Labute approximate surface area is 191 Å². The van der Waals surface area contributed by atoms with Crippen LogP contribution < -0.4 is 14.9 Å². The lowest BCUT2D eigenvalue weighted by Crippen LogP contribution is -2.09. The first-order valence-corrected chi connectivity index (χ1v) is 10.9. The molecule has 0 aliphatic carbocycles. The first-order valence-electron chi connectivity index (χ1n) is 10.1. The summed E-state index contributed by atoms with van der Waals surface area (Å²) in [5.41, 5.74) is 8.78. The molecule has 8 nitrogen and oxygen atoms in total. The van der Waals surface area contributed by atoms with Gasteiger partial charge in [0.2, 0.25) is 10.9 Å². The van der Waals surface area contributed by atoms with Crippen molar-refractivity contribution < 1.29 is 14.4 Å². The van der Waals surface area contributed by atoms with Gasteiger partial charge in [-0.25, -0.2) is 4.98 Å². The zero-order valence-corrected chi connectivity index (χ0v) is 19.7. The van der Waals surface area contributed by atoms with Crippen molar-refractivity contribution in [2.45, 2.75) is 40.7 Å². The smallest absolute Gasteiger partial charge is 0.315 e. The van der Waals surface area contributed by atoms with Gasteiger partial charge >= 0.3 is 5.69 Å². The van der Waals surface area contributed by atoms with E-state index in [4.69, 9.17) is 9.47 Å². The standard InChI is InChI=1S/C23H26N4O4S/c1-13(2)31-22-19(27(28)29)9-17(10-20(22)30-6)11-24-26-23-25-18(12-32-23)21-15(4)7-14(3)8-16(21)5/h7-13H,1-6H3,(H,25,26)/b24-11-. The highest BCUT2D eigenvalue weighted by Gasteiger charge is 2.23. The van der Waals surface area contributed by atoms with Crippen molar-refractivity contribution >= 4 is 28.4 Å². The van der Waals surface area contributed by atoms with Gasteiger partial charge in [0, 0.05) is 22.6 Å². The summed E-state index contributed by atoms with van der Waals surface area (Å²) in [4.78, 5) is 15.7. The first kappa shape index (κ1) is 23.2. The van der Waals surface area contributed by atoms with E-state index in [0.717, 1.165) is 11.3 Å². The van der Waals surface area contributed by atoms with Crippen molar-refractivity contribution in [3.8, 4) is 22.8 Å². The van der Waals surface area contributed by atoms with Crippen LogP contribution in [0, 0.1) is 30.9 Å². The fourth-order valence-electron chi connectivity index (χ4n) is 3.51. The molecular weight excluding hydrogens is 428 g/mol. The minimum Gasteiger partial charge on any atom is -0.493 e. The lowest BCUT2D eigenvalue weighted by atomic mass is 9.98. The molecule has 0 aliphatic heterocycles. The number of nitro benzene ring substituents is 1. The molecule has 3 rings (SSSR count). The zero-order valence-electron chi connectivity index (χ0n) is 18.9. The summed E-state index contributed by atoms with van der Waals surface area (Å²) >= 11 is 1.44. The predicted molar refractivity (Wildman–Crippen MR) is 128 cm³/mol. The van der Waals surface area contributed by atoms with Crippen LogP contribution in [0.5, 0.6) is 11.5 Å². The second-order valence-electron chi connectivity index (χ2n) is 7.68. The molecule has 0 bridgehead atoms. The molecule has 0 amide bonds. The number of thiazole rings is 1. The van der Waals surface area contributed by atoms with Gasteiger partial charge in [-0.2, -0.15) is 5.10 Å². The van der Waals surface area contributed by atoms with E-state index in [0.29, 0.717) is 10.7 Å². The third-order valence-corrected chi connectivity index (χ3v) is 5.39. The first-order chi connectivity index (χ1) is 15.2. The number of rotatable bonds is 8. The van der Waals surface area contributed by atoms with E-state index < -0.39 is 4.92 Å². The van der Waals surface area contributed by atoms with Gasteiger partial charge in [-0.3, -0.25) is 15.5 Å². The summed E-state index contributed by atoms with van der Waals surface area (Å²) in [6.45, 7) is 9.82. The molecule has 168 valence electrons. The van der Waals surface area contributed by atoms with E-state index in [2.05, 4.69) is 48.4 Å². The Morgan fingerprint density at radius 2 is 1.88 bits per heavy atom. The average molecular weight is 455 g/mol. The molecule has 32 heavy (non-hydrogen) atoms. The number of aromatic nitrogens is 1. The number of aryl methyl sites for hydroxylation is 3. The summed E-state index contributed by atoms with van der Waals surface area (Å²) in [5.74, 6) is 0.377. The van der Waals surface area contributed by atoms with Crippen LogP contribution in [0.2, 0.25) is 0 Å². The van der Waals surface area contributed by atoms with Crippen molar-refractivity contribution in [2.24, 2.45) is 5.10 Å². The van der Waals surface area contributed by atoms with Gasteiger partial charge in [-0.15, -0.1) is 11.3 Å². The molecular formula is C23H26N4O4S. The molecule has 0 radical (unpaired) electrons. The molecule has 0 fully saturated rings. The Kier molecular flexibility index (Phi) is 7.09. The third-order valence-electron chi connectivity index (χ3n) is 4.64. The lowest BCUT2D eigenvalue weighted by molar-refractivity contribution is -0.386. The van der Waals surface area contributed by atoms with E-state index >= 15 is 0 Å². The van der Waals surface area contributed by atoms with E-state index in [1.165, 1.54) is 47.4 Å². The fourth-order valence-corrected chi connectivity index (χ4v) is 4.16. The van der Waals surface area contributed by atoms with E-state index in [9.17, 15) is 10.1 Å². The van der Waals surface area contributed by atoms with Gasteiger partial charge in [0.15, 0.2) is 5.75 Å². The van der Waals surface area contributed by atoms with Gasteiger partial charge in [-0.1, -0.05) is 17.7 Å². The quantitative estimate of drug-likeness (QED) is 0.259. The van der Waals surface area contributed by atoms with Crippen molar-refractivity contribution in [3.05, 3.63) is 62.0 Å². The number of nitrogens with one attached hydrogen (secondary N) is 1. The van der Waals surface area contributed by atoms with Crippen LogP contribution in [0.25, 0.3) is 11.3 Å². The molecule has 9 heteroatoms. The minimum atomic E-state index is -0.496. The molecule has 0 atom stereocenters. The summed E-state index contributed by atoms with van der Waals surface area (Å²) in [5, 5.41) is 18.3. The number of hydrazone groups is 1. The molecule has 0 aliphatic rings. The van der Waals surface area contributed by atoms with Crippen molar-refractivity contribution in [1.82, 2.24) is 4.98 Å². The van der Waals surface area contributed by atoms with E-state index in [1.807, 2.05) is 5.38 Å². The Hall–Kier alpha value is -3.46. The van der Waals surface area contributed by atoms with Crippen LogP contribution in [-0.4, -0.2) is 29.3 Å². The van der Waals surface area contributed by atoms with Crippen molar-refractivity contribution in [1.29, 1.82) is 0 Å². The number of ether oxygens (including phenoxy) is 2. The Balaban J connectivity index is 1.83. The highest BCUT2D eigenvalue weighted by atomic mass is 32.1. The number of nitro groups is 1. The topological polar surface area (TPSA) is 98.9 Å². The molecule has 1 aromatic heterocycles. The Morgan fingerprint density at radius 3 is 2.47 bits per heavy atom. The highest BCUT2D eigenvalue weighted by Crippen LogP contribution is 2.38. The molecule has 0 unspecified atom stereocenters. The average Bonchev–Trinajstić information content (AvgIpc) is 3.15. The second-order valence-corrected chi connectivity index (χ2v) is 8.53. The van der Waals surface area contributed by atoms with Crippen LogP contribution in [0.15, 0.2) is 34.7 Å². The molecule has 3 aromatic rings. The summed E-state index contributed by atoms with van der Waals surface area (Å²) in [6, 6.07) is 7.32. The maximum atomic E-state index is 11.5. The van der Waals surface area contributed by atoms with Crippen LogP contribution >= 0.6 is 11.3 Å². The molecule has 0 spiro atoms. The predicted octanol–water partition coefficient (Wildman–Crippen LogP) is 5.89. The van der Waals surface area contributed by atoms with Gasteiger partial charge in [-0.05, 0) is 51.8 Å². The molecule has 0 saturated carbocycles. The van der Waals surface area contributed by atoms with Crippen LogP contribution in [0.4, 0.5) is 10.8 Å². The Bertz CT molecular complexity index is 1150. The van der Waals surface area contributed by atoms with Crippen LogP contribution in [-0.2, 0) is 0 Å². The number of methoxy groups -OCH3 is 1. The number of anilines is 1. The van der Waals surface area contributed by atoms with Crippen LogP contribution in [0.3, 0.4) is 0 Å². The lowest BCUT2D eigenvalue weighted by Gasteiger charge is -2.14.